The van der Waals surface area contributed by atoms with Gasteiger partial charge >= 0.3 is 5.97 Å². The van der Waals surface area contributed by atoms with Crippen molar-refractivity contribution in [2.45, 2.75) is 25.7 Å². The van der Waals surface area contributed by atoms with E-state index in [1.807, 2.05) is 6.07 Å². The average molecular weight is 238 g/mol. The fourth-order valence-corrected chi connectivity index (χ4v) is 1.59. The number of benzene rings is 1. The van der Waals surface area contributed by atoms with E-state index in [-0.39, 0.29) is 11.7 Å². The Bertz CT molecular complexity index is 374. The van der Waals surface area contributed by atoms with E-state index in [0.29, 0.717) is 12.2 Å². The summed E-state index contributed by atoms with van der Waals surface area (Å²) < 4.78 is 9.52. The van der Waals surface area contributed by atoms with Gasteiger partial charge in [0.2, 0.25) is 0 Å². The highest BCUT2D eigenvalue weighted by Gasteiger charge is 2.03. The van der Waals surface area contributed by atoms with Crippen LogP contribution in [0.25, 0.3) is 0 Å². The third kappa shape index (κ3) is 4.34. The van der Waals surface area contributed by atoms with Crippen LogP contribution in [0, 0.1) is 0 Å². The van der Waals surface area contributed by atoms with Crippen LogP contribution in [-0.4, -0.2) is 25.3 Å². The normalized spacial score (nSPS) is 10.0. The van der Waals surface area contributed by atoms with Crippen LogP contribution in [0.15, 0.2) is 18.2 Å². The van der Waals surface area contributed by atoms with Crippen LogP contribution in [0.5, 0.6) is 11.5 Å². The number of phenols is 1. The minimum atomic E-state index is -0.178. The summed E-state index contributed by atoms with van der Waals surface area (Å²) in [6.45, 7) is 0. The predicted molar refractivity (Wildman–Crippen MR) is 64.2 cm³/mol. The largest absolute Gasteiger partial charge is 0.504 e. The number of esters is 1. The highest BCUT2D eigenvalue weighted by molar-refractivity contribution is 5.68. The van der Waals surface area contributed by atoms with E-state index in [4.69, 9.17) is 4.74 Å². The first kappa shape index (κ1) is 13.4. The van der Waals surface area contributed by atoms with Crippen LogP contribution in [0.2, 0.25) is 0 Å². The van der Waals surface area contributed by atoms with Crippen LogP contribution < -0.4 is 4.74 Å². The van der Waals surface area contributed by atoms with E-state index in [1.165, 1.54) is 14.2 Å². The number of rotatable bonds is 6. The van der Waals surface area contributed by atoms with Gasteiger partial charge in [-0.05, 0) is 37.0 Å². The monoisotopic (exact) mass is 238 g/mol. The van der Waals surface area contributed by atoms with Gasteiger partial charge in [0.25, 0.3) is 0 Å². The second-order valence-corrected chi connectivity index (χ2v) is 3.79. The molecule has 1 rings (SSSR count). The number of carbonyl (C=O) groups excluding carboxylic acids is 1. The lowest BCUT2D eigenvalue weighted by atomic mass is 10.1. The van der Waals surface area contributed by atoms with Gasteiger partial charge in [-0.3, -0.25) is 4.79 Å². The molecule has 0 saturated heterocycles. The summed E-state index contributed by atoms with van der Waals surface area (Å²) in [6, 6.07) is 5.35. The fourth-order valence-electron chi connectivity index (χ4n) is 1.59. The maximum Gasteiger partial charge on any atom is 0.305 e. The third-order valence-electron chi connectivity index (χ3n) is 2.57. The molecular weight excluding hydrogens is 220 g/mol. The molecule has 0 saturated carbocycles. The van der Waals surface area contributed by atoms with E-state index in [9.17, 15) is 9.90 Å². The molecule has 0 amide bonds. The minimum Gasteiger partial charge on any atom is -0.504 e. The molecule has 0 unspecified atom stereocenters. The molecule has 1 aromatic rings. The number of ether oxygens (including phenoxy) is 2. The second-order valence-electron chi connectivity index (χ2n) is 3.79. The number of phenolic OH excluding ortho intramolecular Hbond substituents is 1. The summed E-state index contributed by atoms with van der Waals surface area (Å²) >= 11 is 0. The molecule has 4 nitrogen and oxygen atoms in total. The van der Waals surface area contributed by atoms with Gasteiger partial charge in [-0.1, -0.05) is 6.07 Å². The molecule has 0 aliphatic carbocycles. The van der Waals surface area contributed by atoms with Crippen LogP contribution >= 0.6 is 0 Å². The predicted octanol–water partition coefficient (Wildman–Crippen LogP) is 2.29. The smallest absolute Gasteiger partial charge is 0.305 e. The zero-order valence-electron chi connectivity index (χ0n) is 10.2. The molecule has 1 aromatic carbocycles. The molecule has 0 heterocycles. The number of aromatic hydroxyl groups is 1. The first-order valence-electron chi connectivity index (χ1n) is 5.60. The highest BCUT2D eigenvalue weighted by Crippen LogP contribution is 2.26. The Morgan fingerprint density at radius 3 is 2.65 bits per heavy atom. The molecule has 0 aliphatic rings. The molecule has 0 radical (unpaired) electrons. The number of methoxy groups -OCH3 is 2. The van der Waals surface area contributed by atoms with Gasteiger partial charge in [-0.2, -0.15) is 0 Å². The molecule has 94 valence electrons. The lowest BCUT2D eigenvalue weighted by molar-refractivity contribution is -0.140. The summed E-state index contributed by atoms with van der Waals surface area (Å²) in [6.07, 6.45) is 2.95. The zero-order chi connectivity index (χ0) is 12.7. The van der Waals surface area contributed by atoms with E-state index in [1.54, 1.807) is 12.1 Å². The standard InChI is InChI=1S/C13H18O4/c1-16-12-8-7-10(9-11(12)14)5-3-4-6-13(15)17-2/h7-9,14H,3-6H2,1-2H3. The van der Waals surface area contributed by atoms with Gasteiger partial charge < -0.3 is 14.6 Å². The fraction of sp³-hybridized carbons (Fsp3) is 0.462. The molecule has 4 heteroatoms. The van der Waals surface area contributed by atoms with Gasteiger partial charge in [-0.15, -0.1) is 0 Å². The SMILES string of the molecule is COC(=O)CCCCc1ccc(OC)c(O)c1. The summed E-state index contributed by atoms with van der Waals surface area (Å²) in [7, 11) is 2.91. The number of unbranched alkanes of at least 4 members (excludes halogenated alkanes) is 1. The minimum absolute atomic E-state index is 0.151. The van der Waals surface area contributed by atoms with Crippen molar-refractivity contribution in [1.82, 2.24) is 0 Å². The molecule has 0 fully saturated rings. The number of carbonyl (C=O) groups is 1. The molecule has 17 heavy (non-hydrogen) atoms. The number of hydrogen-bond donors (Lipinski definition) is 1. The van der Waals surface area contributed by atoms with Crippen LogP contribution in [0.4, 0.5) is 0 Å². The van der Waals surface area contributed by atoms with Gasteiger partial charge in [0.15, 0.2) is 11.5 Å². The molecule has 0 aromatic heterocycles. The molecular formula is C13H18O4. The molecule has 0 atom stereocenters. The maximum absolute atomic E-state index is 10.9. The van der Waals surface area contributed by atoms with Crippen molar-refractivity contribution in [2.24, 2.45) is 0 Å². The van der Waals surface area contributed by atoms with Crippen molar-refractivity contribution >= 4 is 5.97 Å². The molecule has 0 bridgehead atoms. The van der Waals surface area contributed by atoms with E-state index >= 15 is 0 Å². The van der Waals surface area contributed by atoms with Crippen LogP contribution in [0.3, 0.4) is 0 Å². The molecule has 0 spiro atoms. The van der Waals surface area contributed by atoms with Gasteiger partial charge in [0.05, 0.1) is 14.2 Å². The Kier molecular flexibility index (Phi) is 5.33. The van der Waals surface area contributed by atoms with E-state index in [2.05, 4.69) is 4.74 Å². The van der Waals surface area contributed by atoms with Crippen LogP contribution in [-0.2, 0) is 16.0 Å². The second kappa shape index (κ2) is 6.78. The van der Waals surface area contributed by atoms with E-state index in [0.717, 1.165) is 24.8 Å². The van der Waals surface area contributed by atoms with Gasteiger partial charge in [0, 0.05) is 6.42 Å². The number of aryl methyl sites for hydroxylation is 1. The third-order valence-corrected chi connectivity index (χ3v) is 2.57. The lowest BCUT2D eigenvalue weighted by Gasteiger charge is -2.06. The highest BCUT2D eigenvalue weighted by atomic mass is 16.5. The average Bonchev–Trinajstić information content (AvgIpc) is 2.34. The summed E-state index contributed by atoms with van der Waals surface area (Å²) in [5, 5.41) is 9.58. The summed E-state index contributed by atoms with van der Waals surface area (Å²) in [4.78, 5) is 10.9. The van der Waals surface area contributed by atoms with Gasteiger partial charge in [-0.25, -0.2) is 0 Å². The first-order valence-corrected chi connectivity index (χ1v) is 5.60. The number of hydrogen-bond acceptors (Lipinski definition) is 4. The van der Waals surface area contributed by atoms with E-state index < -0.39 is 0 Å². The van der Waals surface area contributed by atoms with Gasteiger partial charge in [0.1, 0.15) is 0 Å². The summed E-state index contributed by atoms with van der Waals surface area (Å²) in [5.74, 6) is 0.448. The first-order chi connectivity index (χ1) is 8.17. The Balaban J connectivity index is 2.37. The van der Waals surface area contributed by atoms with Crippen molar-refractivity contribution < 1.29 is 19.4 Å². The Morgan fingerprint density at radius 2 is 2.06 bits per heavy atom. The topological polar surface area (TPSA) is 55.8 Å². The molecule has 1 N–H and O–H groups in total. The van der Waals surface area contributed by atoms with Crippen LogP contribution in [0.1, 0.15) is 24.8 Å². The Labute approximate surface area is 101 Å². The van der Waals surface area contributed by atoms with Crippen molar-refractivity contribution in [1.29, 1.82) is 0 Å². The summed E-state index contributed by atoms with van der Waals surface area (Å²) in [5.41, 5.74) is 1.04. The lowest BCUT2D eigenvalue weighted by Crippen LogP contribution is -1.99. The van der Waals surface area contributed by atoms with Crippen molar-refractivity contribution in [3.63, 3.8) is 0 Å². The van der Waals surface area contributed by atoms with Crippen molar-refractivity contribution in [3.05, 3.63) is 23.8 Å². The maximum atomic E-state index is 10.9. The van der Waals surface area contributed by atoms with Crippen molar-refractivity contribution in [2.75, 3.05) is 14.2 Å². The quantitative estimate of drug-likeness (QED) is 0.610. The Hall–Kier alpha value is -1.71. The van der Waals surface area contributed by atoms with Crippen molar-refractivity contribution in [3.8, 4) is 11.5 Å². The zero-order valence-corrected chi connectivity index (χ0v) is 10.2. The Morgan fingerprint density at radius 1 is 1.29 bits per heavy atom. The molecule has 0 aliphatic heterocycles.